The summed E-state index contributed by atoms with van der Waals surface area (Å²) < 4.78 is 5.27. The first-order valence-electron chi connectivity index (χ1n) is 10.2. The molecule has 6 nitrogen and oxygen atoms in total. The van der Waals surface area contributed by atoms with Gasteiger partial charge in [0.05, 0.1) is 25.9 Å². The Labute approximate surface area is 162 Å². The quantitative estimate of drug-likeness (QED) is 0.726. The largest absolute Gasteiger partial charge is 0.495 e. The van der Waals surface area contributed by atoms with Crippen LogP contribution in [0, 0.1) is 0 Å². The number of rotatable bonds is 8. The number of anilines is 1. The molecule has 0 aliphatic carbocycles. The number of carbonyl (C=O) groups is 2. The van der Waals surface area contributed by atoms with E-state index in [1.165, 1.54) is 37.0 Å². The van der Waals surface area contributed by atoms with E-state index in [2.05, 4.69) is 5.32 Å². The molecular formula is C21H34N3O3+. The number of carbonyl (C=O) groups excluding carboxylic acids is 2. The molecule has 0 atom stereocenters. The van der Waals surface area contributed by atoms with Crippen molar-refractivity contribution < 1.29 is 19.2 Å². The number of ether oxygens (including phenoxy) is 1. The number of amides is 2. The topological polar surface area (TPSA) is 63.1 Å². The average Bonchev–Trinajstić information content (AvgIpc) is 2.63. The van der Waals surface area contributed by atoms with Gasteiger partial charge in [0, 0.05) is 6.54 Å². The fourth-order valence-electron chi connectivity index (χ4n) is 3.58. The third kappa shape index (κ3) is 7.21. The van der Waals surface area contributed by atoms with Gasteiger partial charge in [-0.3, -0.25) is 9.59 Å². The van der Waals surface area contributed by atoms with Crippen LogP contribution in [-0.4, -0.2) is 56.5 Å². The monoisotopic (exact) mass is 376 g/mol. The van der Waals surface area contributed by atoms with E-state index in [1.807, 2.05) is 19.1 Å². The van der Waals surface area contributed by atoms with E-state index in [-0.39, 0.29) is 18.4 Å². The number of benzene rings is 1. The van der Waals surface area contributed by atoms with Crippen LogP contribution in [0.5, 0.6) is 5.75 Å². The third-order valence-electron chi connectivity index (χ3n) is 5.02. The van der Waals surface area contributed by atoms with Crippen molar-refractivity contribution in [3.8, 4) is 5.75 Å². The lowest BCUT2D eigenvalue weighted by molar-refractivity contribution is -0.893. The summed E-state index contributed by atoms with van der Waals surface area (Å²) in [5.74, 6) is 0.496. The highest BCUT2D eigenvalue weighted by Gasteiger charge is 2.22. The third-order valence-corrected chi connectivity index (χ3v) is 5.02. The van der Waals surface area contributed by atoms with E-state index in [9.17, 15) is 9.59 Å². The summed E-state index contributed by atoms with van der Waals surface area (Å²) in [6, 6.07) is 7.30. The molecule has 0 bridgehead atoms. The summed E-state index contributed by atoms with van der Waals surface area (Å²) >= 11 is 0. The Morgan fingerprint density at radius 2 is 1.78 bits per heavy atom. The molecule has 1 aromatic carbocycles. The molecular weight excluding hydrogens is 342 g/mol. The lowest BCUT2D eigenvalue weighted by Gasteiger charge is -2.26. The van der Waals surface area contributed by atoms with E-state index in [4.69, 9.17) is 4.74 Å². The van der Waals surface area contributed by atoms with Crippen molar-refractivity contribution in [2.75, 3.05) is 45.2 Å². The van der Waals surface area contributed by atoms with Gasteiger partial charge in [-0.2, -0.15) is 0 Å². The van der Waals surface area contributed by atoms with Gasteiger partial charge in [0.25, 0.3) is 5.91 Å². The van der Waals surface area contributed by atoms with Gasteiger partial charge in [0.15, 0.2) is 6.54 Å². The van der Waals surface area contributed by atoms with Gasteiger partial charge in [-0.1, -0.05) is 25.5 Å². The molecule has 0 spiro atoms. The molecule has 1 aliphatic heterocycles. The fraction of sp³-hybridized carbons (Fsp3) is 0.619. The molecule has 0 aromatic heterocycles. The first-order chi connectivity index (χ1) is 13.1. The zero-order valence-corrected chi connectivity index (χ0v) is 16.8. The standard InChI is InChI=1S/C21H33N3O3/c1-3-13-24(21(26)17-23-14-9-5-4-6-10-15-23)16-20(25)22-18-11-7-8-12-19(18)27-2/h7-8,11-12H,3-6,9-10,13-17H2,1-2H3,(H,22,25)/p+1. The van der Waals surface area contributed by atoms with Crippen molar-refractivity contribution in [3.63, 3.8) is 0 Å². The van der Waals surface area contributed by atoms with Gasteiger partial charge < -0.3 is 19.9 Å². The van der Waals surface area contributed by atoms with Crippen LogP contribution in [-0.2, 0) is 9.59 Å². The van der Waals surface area contributed by atoms with Crippen molar-refractivity contribution in [2.45, 2.75) is 45.4 Å². The lowest BCUT2D eigenvalue weighted by Crippen LogP contribution is -3.13. The maximum atomic E-state index is 12.8. The van der Waals surface area contributed by atoms with Gasteiger partial charge in [0.2, 0.25) is 5.91 Å². The molecule has 2 amide bonds. The van der Waals surface area contributed by atoms with Crippen LogP contribution in [0.3, 0.4) is 0 Å². The van der Waals surface area contributed by atoms with Gasteiger partial charge in [-0.15, -0.1) is 0 Å². The molecule has 1 aliphatic rings. The van der Waals surface area contributed by atoms with Crippen molar-refractivity contribution in [2.24, 2.45) is 0 Å². The van der Waals surface area contributed by atoms with Crippen LogP contribution in [0.15, 0.2) is 24.3 Å². The number of nitrogens with one attached hydrogen (secondary N) is 2. The van der Waals surface area contributed by atoms with Crippen molar-refractivity contribution >= 4 is 17.5 Å². The zero-order chi connectivity index (χ0) is 19.5. The SMILES string of the molecule is CCCN(CC(=O)Nc1ccccc1OC)C(=O)C[NH+]1CCCCCCC1. The number of para-hydroxylation sites is 2. The summed E-state index contributed by atoms with van der Waals surface area (Å²) in [5.41, 5.74) is 0.628. The molecule has 1 aromatic rings. The van der Waals surface area contributed by atoms with E-state index in [1.54, 1.807) is 24.1 Å². The molecule has 1 fully saturated rings. The summed E-state index contributed by atoms with van der Waals surface area (Å²) in [4.78, 5) is 28.4. The molecule has 1 saturated heterocycles. The smallest absolute Gasteiger partial charge is 0.278 e. The number of hydrogen-bond donors (Lipinski definition) is 2. The Morgan fingerprint density at radius 3 is 2.44 bits per heavy atom. The maximum absolute atomic E-state index is 12.8. The van der Waals surface area contributed by atoms with E-state index >= 15 is 0 Å². The van der Waals surface area contributed by atoms with E-state index < -0.39 is 0 Å². The number of likely N-dealkylation sites (tertiary alicyclic amines) is 1. The lowest BCUT2D eigenvalue weighted by atomic mass is 10.1. The van der Waals surface area contributed by atoms with Gasteiger partial charge in [-0.25, -0.2) is 0 Å². The first kappa shape index (κ1) is 21.2. The van der Waals surface area contributed by atoms with Gasteiger partial charge in [-0.05, 0) is 44.2 Å². The maximum Gasteiger partial charge on any atom is 0.278 e. The minimum atomic E-state index is -0.191. The molecule has 1 heterocycles. The van der Waals surface area contributed by atoms with E-state index in [0.717, 1.165) is 19.5 Å². The van der Waals surface area contributed by atoms with Crippen LogP contribution in [0.2, 0.25) is 0 Å². The first-order valence-corrected chi connectivity index (χ1v) is 10.2. The molecule has 150 valence electrons. The Bertz CT molecular complexity index is 598. The Hall–Kier alpha value is -2.08. The van der Waals surface area contributed by atoms with Crippen LogP contribution in [0.1, 0.15) is 45.4 Å². The highest BCUT2D eigenvalue weighted by molar-refractivity contribution is 5.95. The fourth-order valence-corrected chi connectivity index (χ4v) is 3.58. The predicted octanol–water partition coefficient (Wildman–Crippen LogP) is 1.72. The number of quaternary nitrogens is 1. The molecule has 0 radical (unpaired) electrons. The van der Waals surface area contributed by atoms with Crippen LogP contribution in [0.4, 0.5) is 5.69 Å². The molecule has 0 saturated carbocycles. The number of nitrogens with zero attached hydrogens (tertiary/aromatic N) is 1. The van der Waals surface area contributed by atoms with Crippen LogP contribution in [0.25, 0.3) is 0 Å². The highest BCUT2D eigenvalue weighted by Crippen LogP contribution is 2.22. The molecule has 6 heteroatoms. The second-order valence-electron chi connectivity index (χ2n) is 7.26. The summed E-state index contributed by atoms with van der Waals surface area (Å²) in [7, 11) is 1.57. The number of hydrogen-bond acceptors (Lipinski definition) is 3. The van der Waals surface area contributed by atoms with E-state index in [0.29, 0.717) is 24.5 Å². The zero-order valence-electron chi connectivity index (χ0n) is 16.8. The Kier molecular flexibility index (Phi) is 9.11. The Morgan fingerprint density at radius 1 is 1.11 bits per heavy atom. The summed E-state index contributed by atoms with van der Waals surface area (Å²) in [5, 5.41) is 2.86. The number of methoxy groups -OCH3 is 1. The molecule has 2 N–H and O–H groups in total. The predicted molar refractivity (Wildman–Crippen MR) is 107 cm³/mol. The van der Waals surface area contributed by atoms with Gasteiger partial charge in [0.1, 0.15) is 12.3 Å². The molecule has 0 unspecified atom stereocenters. The Balaban J connectivity index is 1.92. The summed E-state index contributed by atoms with van der Waals surface area (Å²) in [6.45, 7) is 5.31. The second-order valence-corrected chi connectivity index (χ2v) is 7.26. The summed E-state index contributed by atoms with van der Waals surface area (Å²) in [6.07, 6.45) is 7.04. The minimum Gasteiger partial charge on any atom is -0.495 e. The van der Waals surface area contributed by atoms with Crippen molar-refractivity contribution in [1.29, 1.82) is 0 Å². The minimum absolute atomic E-state index is 0.0719. The van der Waals surface area contributed by atoms with Crippen LogP contribution >= 0.6 is 0 Å². The van der Waals surface area contributed by atoms with Crippen LogP contribution < -0.4 is 15.0 Å². The normalized spacial score (nSPS) is 15.5. The van der Waals surface area contributed by atoms with Gasteiger partial charge >= 0.3 is 0 Å². The molecule has 2 rings (SSSR count). The average molecular weight is 377 g/mol. The van der Waals surface area contributed by atoms with Crippen molar-refractivity contribution in [3.05, 3.63) is 24.3 Å². The van der Waals surface area contributed by atoms with Crippen molar-refractivity contribution in [1.82, 2.24) is 4.90 Å². The second kappa shape index (κ2) is 11.6. The highest BCUT2D eigenvalue weighted by atomic mass is 16.5. The molecule has 27 heavy (non-hydrogen) atoms.